The van der Waals surface area contributed by atoms with Gasteiger partial charge in [-0.2, -0.15) is 0 Å². The van der Waals surface area contributed by atoms with Crippen molar-refractivity contribution < 1.29 is 9.53 Å². The van der Waals surface area contributed by atoms with E-state index in [2.05, 4.69) is 25.9 Å². The summed E-state index contributed by atoms with van der Waals surface area (Å²) in [5.41, 5.74) is 1.10. The smallest absolute Gasteiger partial charge is 0.357 e. The lowest BCUT2D eigenvalue weighted by atomic mass is 10.2. The Morgan fingerprint density at radius 2 is 2.11 bits per heavy atom. The number of nitrogens with zero attached hydrogens (tertiary/aromatic N) is 2. The predicted molar refractivity (Wildman–Crippen MR) is 71.1 cm³/mol. The lowest BCUT2D eigenvalue weighted by Gasteiger charge is -2.05. The summed E-state index contributed by atoms with van der Waals surface area (Å²) in [6.45, 7) is 2.08. The highest BCUT2D eigenvalue weighted by atomic mass is 79.9. The van der Waals surface area contributed by atoms with Crippen LogP contribution in [0.15, 0.2) is 41.0 Å². The Balaban J connectivity index is 2.39. The molecule has 0 fully saturated rings. The van der Waals surface area contributed by atoms with Crippen LogP contribution in [0.2, 0.25) is 0 Å². The largest absolute Gasteiger partial charge is 0.461 e. The number of esters is 1. The van der Waals surface area contributed by atoms with Gasteiger partial charge < -0.3 is 4.74 Å². The Labute approximate surface area is 113 Å². The first-order chi connectivity index (χ1) is 8.72. The molecule has 1 aromatic heterocycles. The van der Waals surface area contributed by atoms with Crippen molar-refractivity contribution >= 4 is 21.9 Å². The first-order valence-electron chi connectivity index (χ1n) is 5.47. The Morgan fingerprint density at radius 1 is 1.33 bits per heavy atom. The first-order valence-corrected chi connectivity index (χ1v) is 6.26. The van der Waals surface area contributed by atoms with Crippen LogP contribution in [-0.2, 0) is 4.74 Å². The molecule has 0 spiro atoms. The van der Waals surface area contributed by atoms with Crippen molar-refractivity contribution in [3.8, 4) is 11.4 Å². The average Bonchev–Trinajstić information content (AvgIpc) is 2.40. The summed E-state index contributed by atoms with van der Waals surface area (Å²) < 4.78 is 5.79. The number of carbonyl (C=O) groups is 1. The zero-order valence-corrected chi connectivity index (χ0v) is 11.3. The van der Waals surface area contributed by atoms with E-state index in [4.69, 9.17) is 4.74 Å². The van der Waals surface area contributed by atoms with E-state index in [1.165, 1.54) is 0 Å². The van der Waals surface area contributed by atoms with E-state index in [0.29, 0.717) is 12.4 Å². The Morgan fingerprint density at radius 3 is 2.83 bits per heavy atom. The molecule has 0 aliphatic heterocycles. The number of aromatic nitrogens is 2. The second kappa shape index (κ2) is 5.73. The van der Waals surface area contributed by atoms with Gasteiger partial charge in [0.15, 0.2) is 11.5 Å². The molecule has 0 saturated carbocycles. The van der Waals surface area contributed by atoms with Crippen molar-refractivity contribution in [2.75, 3.05) is 6.61 Å². The van der Waals surface area contributed by atoms with E-state index >= 15 is 0 Å². The maximum Gasteiger partial charge on any atom is 0.357 e. The highest BCUT2D eigenvalue weighted by Crippen LogP contribution is 2.24. The summed E-state index contributed by atoms with van der Waals surface area (Å²) >= 11 is 3.43. The van der Waals surface area contributed by atoms with Crippen molar-refractivity contribution in [3.63, 3.8) is 0 Å². The van der Waals surface area contributed by atoms with E-state index in [-0.39, 0.29) is 5.69 Å². The number of carbonyl (C=O) groups excluding carboxylic acids is 1. The third kappa shape index (κ3) is 2.73. The van der Waals surface area contributed by atoms with Crippen molar-refractivity contribution in [2.24, 2.45) is 0 Å². The van der Waals surface area contributed by atoms with Crippen LogP contribution in [0.25, 0.3) is 11.4 Å². The number of halogens is 1. The van der Waals surface area contributed by atoms with Crippen molar-refractivity contribution in [1.29, 1.82) is 0 Å². The number of hydrogen-bond donors (Lipinski definition) is 0. The first kappa shape index (κ1) is 12.7. The highest BCUT2D eigenvalue weighted by molar-refractivity contribution is 9.10. The molecule has 0 saturated heterocycles. The van der Waals surface area contributed by atoms with Crippen LogP contribution >= 0.6 is 15.9 Å². The van der Waals surface area contributed by atoms with E-state index < -0.39 is 5.97 Å². The van der Waals surface area contributed by atoms with Gasteiger partial charge >= 0.3 is 5.97 Å². The molecule has 0 radical (unpaired) electrons. The zero-order valence-electron chi connectivity index (χ0n) is 9.76. The van der Waals surface area contributed by atoms with Gasteiger partial charge in [0.25, 0.3) is 0 Å². The maximum absolute atomic E-state index is 11.6. The van der Waals surface area contributed by atoms with Crippen molar-refractivity contribution in [3.05, 3.63) is 46.7 Å². The van der Waals surface area contributed by atoms with Gasteiger partial charge in [0, 0.05) is 16.2 Å². The third-order valence-electron chi connectivity index (χ3n) is 2.25. The lowest BCUT2D eigenvalue weighted by molar-refractivity contribution is 0.0519. The molecule has 0 atom stereocenters. The summed E-state index contributed by atoms with van der Waals surface area (Å²) in [6.07, 6.45) is 1.55. The quantitative estimate of drug-likeness (QED) is 0.818. The van der Waals surface area contributed by atoms with Gasteiger partial charge in [0.1, 0.15) is 0 Å². The number of ether oxygens (including phenoxy) is 1. The average molecular weight is 307 g/mol. The minimum absolute atomic E-state index is 0.262. The molecule has 1 heterocycles. The molecule has 0 N–H and O–H groups in total. The standard InChI is InChI=1S/C13H11BrN2O2/c1-2-18-13(17)11-7-8-15-12(16-11)9-5-3-4-6-10(9)14/h3-8H,2H2,1H3. The van der Waals surface area contributed by atoms with E-state index in [0.717, 1.165) is 10.0 Å². The fraction of sp³-hybridized carbons (Fsp3) is 0.154. The molecular weight excluding hydrogens is 296 g/mol. The molecule has 92 valence electrons. The molecule has 0 aliphatic rings. The van der Waals surface area contributed by atoms with Crippen LogP contribution < -0.4 is 0 Å². The monoisotopic (exact) mass is 306 g/mol. The fourth-order valence-electron chi connectivity index (χ4n) is 1.45. The van der Waals surface area contributed by atoms with Gasteiger partial charge in [-0.3, -0.25) is 0 Å². The van der Waals surface area contributed by atoms with Crippen LogP contribution in [0.5, 0.6) is 0 Å². The topological polar surface area (TPSA) is 52.1 Å². The molecule has 0 amide bonds. The zero-order chi connectivity index (χ0) is 13.0. The molecule has 0 aliphatic carbocycles. The molecule has 5 heteroatoms. The molecular formula is C13H11BrN2O2. The predicted octanol–water partition coefficient (Wildman–Crippen LogP) is 3.08. The second-order valence-corrected chi connectivity index (χ2v) is 4.32. The number of benzene rings is 1. The van der Waals surface area contributed by atoms with Gasteiger partial charge in [-0.25, -0.2) is 14.8 Å². The van der Waals surface area contributed by atoms with E-state index in [1.807, 2.05) is 24.3 Å². The number of hydrogen-bond acceptors (Lipinski definition) is 4. The minimum Gasteiger partial charge on any atom is -0.461 e. The molecule has 18 heavy (non-hydrogen) atoms. The SMILES string of the molecule is CCOC(=O)c1ccnc(-c2ccccc2Br)n1. The fourth-order valence-corrected chi connectivity index (χ4v) is 1.91. The summed E-state index contributed by atoms with van der Waals surface area (Å²) in [5.74, 6) is 0.0567. The molecule has 0 unspecified atom stereocenters. The van der Waals surface area contributed by atoms with Crippen LogP contribution in [0.1, 0.15) is 17.4 Å². The van der Waals surface area contributed by atoms with Crippen LogP contribution in [-0.4, -0.2) is 22.5 Å². The molecule has 2 aromatic rings. The van der Waals surface area contributed by atoms with E-state index in [9.17, 15) is 4.79 Å². The van der Waals surface area contributed by atoms with Gasteiger partial charge in [0.05, 0.1) is 6.61 Å². The summed E-state index contributed by atoms with van der Waals surface area (Å²) in [4.78, 5) is 20.0. The third-order valence-corrected chi connectivity index (χ3v) is 2.95. The Bertz CT molecular complexity index is 572. The summed E-state index contributed by atoms with van der Waals surface area (Å²) in [7, 11) is 0. The molecule has 2 rings (SSSR count). The number of rotatable bonds is 3. The Kier molecular flexibility index (Phi) is 4.04. The van der Waals surface area contributed by atoms with Gasteiger partial charge in [0.2, 0.25) is 0 Å². The highest BCUT2D eigenvalue weighted by Gasteiger charge is 2.11. The van der Waals surface area contributed by atoms with Crippen LogP contribution in [0.4, 0.5) is 0 Å². The van der Waals surface area contributed by atoms with E-state index in [1.54, 1.807) is 19.2 Å². The molecule has 4 nitrogen and oxygen atoms in total. The summed E-state index contributed by atoms with van der Waals surface area (Å²) in [5, 5.41) is 0. The van der Waals surface area contributed by atoms with Gasteiger partial charge in [-0.05, 0) is 19.1 Å². The minimum atomic E-state index is -0.437. The normalized spacial score (nSPS) is 10.1. The Hall–Kier alpha value is -1.75. The van der Waals surface area contributed by atoms with Gasteiger partial charge in [-0.15, -0.1) is 0 Å². The van der Waals surface area contributed by atoms with Crippen molar-refractivity contribution in [1.82, 2.24) is 9.97 Å². The van der Waals surface area contributed by atoms with Crippen LogP contribution in [0.3, 0.4) is 0 Å². The summed E-state index contributed by atoms with van der Waals surface area (Å²) in [6, 6.07) is 9.12. The maximum atomic E-state index is 11.6. The lowest BCUT2D eigenvalue weighted by Crippen LogP contribution is -2.08. The molecule has 1 aromatic carbocycles. The van der Waals surface area contributed by atoms with Crippen LogP contribution in [0, 0.1) is 0 Å². The molecule has 0 bridgehead atoms. The second-order valence-electron chi connectivity index (χ2n) is 3.47. The van der Waals surface area contributed by atoms with Gasteiger partial charge in [-0.1, -0.05) is 34.1 Å². The van der Waals surface area contributed by atoms with Crippen molar-refractivity contribution in [2.45, 2.75) is 6.92 Å².